The molecule has 118 valence electrons. The summed E-state index contributed by atoms with van der Waals surface area (Å²) in [7, 11) is 0. The maximum absolute atomic E-state index is 11.8. The number of anilines is 1. The molecule has 9 nitrogen and oxygen atoms in total. The number of aromatic nitrogens is 2. The van der Waals surface area contributed by atoms with Crippen LogP contribution < -0.4 is 10.4 Å². The molecule has 2 amide bonds. The normalized spacial score (nSPS) is 22.5. The van der Waals surface area contributed by atoms with Gasteiger partial charge in [-0.2, -0.15) is 0 Å². The van der Waals surface area contributed by atoms with E-state index in [1.54, 1.807) is 4.90 Å². The van der Waals surface area contributed by atoms with Crippen LogP contribution in [0, 0.1) is 0 Å². The van der Waals surface area contributed by atoms with Crippen molar-refractivity contribution in [3.63, 3.8) is 0 Å². The van der Waals surface area contributed by atoms with Crippen molar-refractivity contribution in [2.45, 2.75) is 32.0 Å². The zero-order valence-electron chi connectivity index (χ0n) is 12.3. The van der Waals surface area contributed by atoms with Crippen molar-refractivity contribution >= 4 is 17.9 Å². The van der Waals surface area contributed by atoms with Crippen molar-refractivity contribution in [1.29, 1.82) is 0 Å². The highest BCUT2D eigenvalue weighted by Gasteiger charge is 2.55. The van der Waals surface area contributed by atoms with Crippen LogP contribution in [0.3, 0.4) is 0 Å². The lowest BCUT2D eigenvalue weighted by Gasteiger charge is -2.60. The van der Waals surface area contributed by atoms with Gasteiger partial charge in [0.1, 0.15) is 0 Å². The summed E-state index contributed by atoms with van der Waals surface area (Å²) in [5, 5.41) is 8.54. The third kappa shape index (κ3) is 2.33. The molecule has 2 aliphatic rings. The van der Waals surface area contributed by atoms with E-state index in [2.05, 4.69) is 9.97 Å². The van der Waals surface area contributed by atoms with Gasteiger partial charge >= 0.3 is 6.09 Å². The number of rotatable bonds is 3. The third-order valence-corrected chi connectivity index (χ3v) is 3.84. The lowest BCUT2D eigenvalue weighted by molar-refractivity contribution is -0.00749. The first-order valence-electron chi connectivity index (χ1n) is 7.01. The van der Waals surface area contributed by atoms with Crippen LogP contribution in [0.4, 0.5) is 10.7 Å². The molecule has 0 aliphatic carbocycles. The topological polar surface area (TPSA) is 108 Å². The number of amides is 2. The van der Waals surface area contributed by atoms with Crippen LogP contribution in [0.15, 0.2) is 12.4 Å². The highest BCUT2D eigenvalue weighted by molar-refractivity contribution is 5.92. The Bertz CT molecular complexity index is 591. The minimum Gasteiger partial charge on any atom is -0.447 e. The molecule has 2 N–H and O–H groups in total. The van der Waals surface area contributed by atoms with Gasteiger partial charge in [-0.3, -0.25) is 14.9 Å². The Morgan fingerprint density at radius 1 is 1.32 bits per heavy atom. The Hall–Kier alpha value is -2.42. The largest absolute Gasteiger partial charge is 0.447 e. The van der Waals surface area contributed by atoms with Gasteiger partial charge < -0.3 is 9.64 Å². The van der Waals surface area contributed by atoms with Crippen LogP contribution in [0.25, 0.3) is 0 Å². The van der Waals surface area contributed by atoms with E-state index in [4.69, 9.17) is 9.94 Å². The second kappa shape index (κ2) is 5.41. The van der Waals surface area contributed by atoms with E-state index in [1.165, 1.54) is 17.9 Å². The number of hydroxylamine groups is 1. The molecule has 0 aromatic carbocycles. The number of carbonyl (C=O) groups excluding carboxylic acids is 2. The van der Waals surface area contributed by atoms with Crippen LogP contribution in [0.1, 0.15) is 24.2 Å². The van der Waals surface area contributed by atoms with Crippen molar-refractivity contribution in [3.05, 3.63) is 18.0 Å². The minimum atomic E-state index is -0.653. The highest BCUT2D eigenvalue weighted by Crippen LogP contribution is 2.36. The summed E-state index contributed by atoms with van der Waals surface area (Å²) in [6.07, 6.45) is 2.29. The molecule has 2 atom stereocenters. The summed E-state index contributed by atoms with van der Waals surface area (Å²) in [6, 6.07) is 0.326. The minimum absolute atomic E-state index is 0.128. The summed E-state index contributed by atoms with van der Waals surface area (Å²) in [5.41, 5.74) is 1.71. The summed E-state index contributed by atoms with van der Waals surface area (Å²) < 4.78 is 5.17. The number of nitrogens with one attached hydrogen (secondary N) is 1. The molecule has 1 unspecified atom stereocenters. The van der Waals surface area contributed by atoms with Crippen LogP contribution >= 0.6 is 0 Å². The van der Waals surface area contributed by atoms with Gasteiger partial charge in [-0.1, -0.05) is 0 Å². The first-order chi connectivity index (χ1) is 10.5. The molecule has 1 aromatic rings. The second-order valence-electron chi connectivity index (χ2n) is 5.58. The molecule has 9 heteroatoms. The lowest BCUT2D eigenvalue weighted by atomic mass is 9.86. The van der Waals surface area contributed by atoms with Gasteiger partial charge in [0, 0.05) is 25.5 Å². The molecule has 3 heterocycles. The lowest BCUT2D eigenvalue weighted by Crippen LogP contribution is -2.80. The molecular formula is C13H17N5O4. The van der Waals surface area contributed by atoms with Gasteiger partial charge in [0.15, 0.2) is 0 Å². The van der Waals surface area contributed by atoms with Crippen molar-refractivity contribution in [1.82, 2.24) is 20.3 Å². The van der Waals surface area contributed by atoms with Gasteiger partial charge in [-0.05, 0) is 13.8 Å². The Morgan fingerprint density at radius 3 is 2.50 bits per heavy atom. The van der Waals surface area contributed by atoms with Gasteiger partial charge in [0.25, 0.3) is 5.91 Å². The van der Waals surface area contributed by atoms with E-state index in [0.29, 0.717) is 19.0 Å². The van der Waals surface area contributed by atoms with E-state index in [9.17, 15) is 9.59 Å². The Labute approximate surface area is 126 Å². The molecule has 2 saturated heterocycles. The molecule has 3 rings (SSSR count). The number of likely N-dealkylation sites (tertiary alicyclic amines) is 1. The number of piperazine rings is 1. The van der Waals surface area contributed by atoms with Crippen LogP contribution in [0.2, 0.25) is 0 Å². The Morgan fingerprint density at radius 2 is 2.00 bits per heavy atom. The Balaban J connectivity index is 1.58. The highest BCUT2D eigenvalue weighted by atomic mass is 16.6. The molecule has 2 aliphatic heterocycles. The van der Waals surface area contributed by atoms with E-state index >= 15 is 0 Å². The summed E-state index contributed by atoms with van der Waals surface area (Å²) >= 11 is 0. The molecule has 0 bridgehead atoms. The third-order valence-electron chi connectivity index (χ3n) is 3.84. The SMILES string of the molecule is CC(C)OC(=O)N1C[C@@H]2C1CN2c1ncc(C(=O)NO)cn1. The van der Waals surface area contributed by atoms with Gasteiger partial charge in [0.2, 0.25) is 5.95 Å². The number of carbonyl (C=O) groups is 2. The monoisotopic (exact) mass is 307 g/mol. The summed E-state index contributed by atoms with van der Waals surface area (Å²) in [5.74, 6) is -0.146. The van der Waals surface area contributed by atoms with Gasteiger partial charge in [-0.15, -0.1) is 0 Å². The maximum Gasteiger partial charge on any atom is 0.410 e. The van der Waals surface area contributed by atoms with Gasteiger partial charge in [0.05, 0.1) is 23.8 Å². The van der Waals surface area contributed by atoms with Crippen molar-refractivity contribution < 1.29 is 19.5 Å². The average molecular weight is 307 g/mol. The van der Waals surface area contributed by atoms with Crippen molar-refractivity contribution in [3.8, 4) is 0 Å². The smallest absolute Gasteiger partial charge is 0.410 e. The van der Waals surface area contributed by atoms with Crippen molar-refractivity contribution in [2.24, 2.45) is 0 Å². The first kappa shape index (κ1) is 14.5. The van der Waals surface area contributed by atoms with E-state index in [1.807, 2.05) is 18.7 Å². The van der Waals surface area contributed by atoms with E-state index < -0.39 is 5.91 Å². The second-order valence-corrected chi connectivity index (χ2v) is 5.58. The first-order valence-corrected chi connectivity index (χ1v) is 7.01. The maximum atomic E-state index is 11.8. The predicted octanol–water partition coefficient (Wildman–Crippen LogP) is 0.0134. The zero-order valence-corrected chi connectivity index (χ0v) is 12.3. The van der Waals surface area contributed by atoms with E-state index in [-0.39, 0.29) is 29.8 Å². The van der Waals surface area contributed by atoms with Crippen LogP contribution in [-0.2, 0) is 4.74 Å². The van der Waals surface area contributed by atoms with Gasteiger partial charge in [-0.25, -0.2) is 20.2 Å². The Kier molecular flexibility index (Phi) is 3.57. The molecule has 1 aromatic heterocycles. The molecular weight excluding hydrogens is 290 g/mol. The fraction of sp³-hybridized carbons (Fsp3) is 0.538. The molecule has 22 heavy (non-hydrogen) atoms. The fourth-order valence-electron chi connectivity index (χ4n) is 2.61. The number of fused-ring (bicyclic) bond motifs is 1. The number of hydrogen-bond acceptors (Lipinski definition) is 7. The number of nitrogens with zero attached hydrogens (tertiary/aromatic N) is 4. The van der Waals surface area contributed by atoms with Crippen LogP contribution in [-0.4, -0.2) is 63.4 Å². The summed E-state index contributed by atoms with van der Waals surface area (Å²) in [6.45, 7) is 4.86. The molecule has 0 spiro atoms. The van der Waals surface area contributed by atoms with Crippen molar-refractivity contribution in [2.75, 3.05) is 18.0 Å². The fourth-order valence-corrected chi connectivity index (χ4v) is 2.61. The zero-order chi connectivity index (χ0) is 15.9. The molecule has 0 radical (unpaired) electrons. The quantitative estimate of drug-likeness (QED) is 0.598. The predicted molar refractivity (Wildman–Crippen MR) is 74.5 cm³/mol. The average Bonchev–Trinajstić information content (AvgIpc) is 2.48. The molecule has 2 fully saturated rings. The van der Waals surface area contributed by atoms with E-state index in [0.717, 1.165) is 0 Å². The number of ether oxygens (including phenoxy) is 1. The number of hydrogen-bond donors (Lipinski definition) is 2. The standard InChI is InChI=1S/C13H17N5O4/c1-7(2)22-13(20)18-6-9-10(18)5-17(9)12-14-3-8(4-15-12)11(19)16-21/h3-4,7,9-10,21H,5-6H2,1-2H3,(H,16,19)/t9-,10?/m1/s1. The van der Waals surface area contributed by atoms with Crippen LogP contribution in [0.5, 0.6) is 0 Å². The molecule has 0 saturated carbocycles. The summed E-state index contributed by atoms with van der Waals surface area (Å²) in [4.78, 5) is 34.9.